The summed E-state index contributed by atoms with van der Waals surface area (Å²) >= 11 is 7.16. The molecule has 2 heterocycles. The Kier molecular flexibility index (Phi) is 4.61. The molecule has 1 aromatic carbocycles. The van der Waals surface area contributed by atoms with Gasteiger partial charge in [0.25, 0.3) is 5.91 Å². The lowest BCUT2D eigenvalue weighted by molar-refractivity contribution is -0.133. The highest BCUT2D eigenvalue weighted by molar-refractivity contribution is 7.14. The van der Waals surface area contributed by atoms with Crippen LogP contribution in [0.1, 0.15) is 25.7 Å². The Morgan fingerprint density at radius 3 is 2.67 bits per heavy atom. The van der Waals surface area contributed by atoms with Crippen LogP contribution in [0.2, 0.25) is 5.02 Å². The smallest absolute Gasteiger partial charge is 0.323 e. The summed E-state index contributed by atoms with van der Waals surface area (Å²) in [6.45, 7) is -0.317. The molecule has 1 aliphatic carbocycles. The number of imide groups is 1. The van der Waals surface area contributed by atoms with E-state index in [0.29, 0.717) is 28.7 Å². The zero-order valence-electron chi connectivity index (χ0n) is 14.3. The molecule has 9 heteroatoms. The number of carbonyl (C=O) groups is 3. The van der Waals surface area contributed by atoms with Gasteiger partial charge in [0.1, 0.15) is 12.1 Å². The van der Waals surface area contributed by atoms with Crippen LogP contribution in [0.4, 0.5) is 9.93 Å². The molecule has 2 fully saturated rings. The van der Waals surface area contributed by atoms with Crippen LogP contribution in [0, 0.1) is 0 Å². The third-order valence-electron chi connectivity index (χ3n) is 4.90. The number of thiazole rings is 1. The van der Waals surface area contributed by atoms with Crippen molar-refractivity contribution in [1.82, 2.24) is 15.2 Å². The number of hydrogen-bond donors (Lipinski definition) is 2. The molecule has 4 amide bonds. The number of nitrogens with zero attached hydrogens (tertiary/aromatic N) is 2. The Labute approximate surface area is 164 Å². The molecule has 2 N–H and O–H groups in total. The third-order valence-corrected chi connectivity index (χ3v) is 5.90. The fourth-order valence-electron chi connectivity index (χ4n) is 3.52. The lowest BCUT2D eigenvalue weighted by atomic mass is 9.98. The number of hydrogen-bond acceptors (Lipinski definition) is 5. The summed E-state index contributed by atoms with van der Waals surface area (Å²) in [6, 6.07) is 6.72. The molecule has 2 aromatic rings. The summed E-state index contributed by atoms with van der Waals surface area (Å²) < 4.78 is 0. The number of nitrogens with one attached hydrogen (secondary N) is 2. The van der Waals surface area contributed by atoms with Crippen molar-refractivity contribution < 1.29 is 14.4 Å². The Bertz CT molecular complexity index is 906. The molecule has 0 bridgehead atoms. The van der Waals surface area contributed by atoms with E-state index in [9.17, 15) is 14.4 Å². The Hall–Kier alpha value is -2.45. The Morgan fingerprint density at radius 2 is 1.96 bits per heavy atom. The van der Waals surface area contributed by atoms with Crippen molar-refractivity contribution in [2.24, 2.45) is 0 Å². The fraction of sp³-hybridized carbons (Fsp3) is 0.333. The van der Waals surface area contributed by atoms with Crippen molar-refractivity contribution >= 4 is 45.9 Å². The van der Waals surface area contributed by atoms with Gasteiger partial charge in [-0.25, -0.2) is 9.78 Å². The standard InChI is InChI=1S/C18H17ClN4O3S/c19-12-5-3-11(4-6-12)13-10-27-16(20-13)21-14(24)9-23-15(25)18(22-17(23)26)7-1-2-8-18/h3-6,10H,1-2,7-9H2,(H,22,26)(H,20,21,24). The first-order valence-corrected chi connectivity index (χ1v) is 9.88. The third kappa shape index (κ3) is 3.42. The first kappa shape index (κ1) is 17.9. The second kappa shape index (κ2) is 6.94. The van der Waals surface area contributed by atoms with Gasteiger partial charge in [-0.3, -0.25) is 14.5 Å². The van der Waals surface area contributed by atoms with E-state index in [4.69, 9.17) is 11.6 Å². The Balaban J connectivity index is 1.41. The van der Waals surface area contributed by atoms with E-state index in [1.165, 1.54) is 11.3 Å². The van der Waals surface area contributed by atoms with Gasteiger partial charge in [-0.2, -0.15) is 0 Å². The number of benzene rings is 1. The topological polar surface area (TPSA) is 91.4 Å². The summed E-state index contributed by atoms with van der Waals surface area (Å²) in [6.07, 6.45) is 3.07. The zero-order chi connectivity index (χ0) is 19.0. The predicted molar refractivity (Wildman–Crippen MR) is 103 cm³/mol. The zero-order valence-corrected chi connectivity index (χ0v) is 15.9. The van der Waals surface area contributed by atoms with Crippen LogP contribution in [-0.4, -0.2) is 39.8 Å². The summed E-state index contributed by atoms with van der Waals surface area (Å²) in [5.74, 6) is -0.758. The van der Waals surface area contributed by atoms with Crippen LogP contribution in [0.15, 0.2) is 29.6 Å². The predicted octanol–water partition coefficient (Wildman–Crippen LogP) is 3.27. The highest BCUT2D eigenvalue weighted by Gasteiger charge is 2.52. The van der Waals surface area contributed by atoms with E-state index in [-0.39, 0.29) is 12.5 Å². The highest BCUT2D eigenvalue weighted by atomic mass is 35.5. The lowest BCUT2D eigenvalue weighted by Gasteiger charge is -2.19. The van der Waals surface area contributed by atoms with Crippen LogP contribution in [0.25, 0.3) is 11.3 Å². The maximum atomic E-state index is 12.6. The van der Waals surface area contributed by atoms with Crippen molar-refractivity contribution in [1.29, 1.82) is 0 Å². The van der Waals surface area contributed by atoms with Crippen molar-refractivity contribution in [2.45, 2.75) is 31.2 Å². The van der Waals surface area contributed by atoms with Crippen molar-refractivity contribution in [3.63, 3.8) is 0 Å². The average molecular weight is 405 g/mol. The molecule has 1 saturated carbocycles. The average Bonchev–Trinajstić information content (AvgIpc) is 3.34. The summed E-state index contributed by atoms with van der Waals surface area (Å²) in [5, 5.41) is 8.29. The number of rotatable bonds is 4. The van der Waals surface area contributed by atoms with Crippen LogP contribution in [0.3, 0.4) is 0 Å². The van der Waals surface area contributed by atoms with E-state index in [0.717, 1.165) is 23.3 Å². The minimum Gasteiger partial charge on any atom is -0.323 e. The largest absolute Gasteiger partial charge is 0.325 e. The molecule has 4 rings (SSSR count). The molecule has 1 saturated heterocycles. The first-order valence-electron chi connectivity index (χ1n) is 8.62. The first-order chi connectivity index (χ1) is 13.0. The molecule has 140 valence electrons. The maximum Gasteiger partial charge on any atom is 0.325 e. The molecule has 1 aromatic heterocycles. The number of aromatic nitrogens is 1. The van der Waals surface area contributed by atoms with Crippen molar-refractivity contribution in [3.05, 3.63) is 34.7 Å². The number of halogens is 1. The molecular weight excluding hydrogens is 388 g/mol. The molecule has 27 heavy (non-hydrogen) atoms. The van der Waals surface area contributed by atoms with Gasteiger partial charge in [0.2, 0.25) is 5.91 Å². The van der Waals surface area contributed by atoms with Crippen LogP contribution < -0.4 is 10.6 Å². The van der Waals surface area contributed by atoms with E-state index in [1.807, 2.05) is 17.5 Å². The summed E-state index contributed by atoms with van der Waals surface area (Å²) in [7, 11) is 0. The summed E-state index contributed by atoms with van der Waals surface area (Å²) in [5.41, 5.74) is 0.792. The summed E-state index contributed by atoms with van der Waals surface area (Å²) in [4.78, 5) is 42.4. The van der Waals surface area contributed by atoms with Gasteiger partial charge in [0.15, 0.2) is 5.13 Å². The normalized spacial score (nSPS) is 18.2. The van der Waals surface area contributed by atoms with E-state index in [2.05, 4.69) is 15.6 Å². The van der Waals surface area contributed by atoms with E-state index >= 15 is 0 Å². The second-order valence-corrected chi connectivity index (χ2v) is 8.00. The second-order valence-electron chi connectivity index (χ2n) is 6.70. The van der Waals surface area contributed by atoms with Crippen LogP contribution in [-0.2, 0) is 9.59 Å². The molecule has 1 aliphatic heterocycles. The van der Waals surface area contributed by atoms with Gasteiger partial charge >= 0.3 is 6.03 Å². The molecule has 0 radical (unpaired) electrons. The van der Waals surface area contributed by atoms with Crippen molar-refractivity contribution in [3.8, 4) is 11.3 Å². The molecule has 2 aliphatic rings. The molecule has 1 spiro atoms. The van der Waals surface area contributed by atoms with E-state index < -0.39 is 17.5 Å². The maximum absolute atomic E-state index is 12.6. The van der Waals surface area contributed by atoms with Crippen LogP contribution in [0.5, 0.6) is 0 Å². The van der Waals surface area contributed by atoms with Gasteiger partial charge in [-0.05, 0) is 25.0 Å². The number of urea groups is 1. The Morgan fingerprint density at radius 1 is 1.26 bits per heavy atom. The highest BCUT2D eigenvalue weighted by Crippen LogP contribution is 2.35. The van der Waals surface area contributed by atoms with Gasteiger partial charge in [0.05, 0.1) is 5.69 Å². The molecule has 0 atom stereocenters. The molecule has 0 unspecified atom stereocenters. The van der Waals surface area contributed by atoms with Gasteiger partial charge in [-0.15, -0.1) is 11.3 Å². The molecule has 7 nitrogen and oxygen atoms in total. The van der Waals surface area contributed by atoms with Gasteiger partial charge in [0, 0.05) is 16.0 Å². The quantitative estimate of drug-likeness (QED) is 0.765. The van der Waals surface area contributed by atoms with Gasteiger partial charge < -0.3 is 10.6 Å². The minimum absolute atomic E-state index is 0.304. The number of carbonyl (C=O) groups excluding carboxylic acids is 3. The van der Waals surface area contributed by atoms with Crippen molar-refractivity contribution in [2.75, 3.05) is 11.9 Å². The number of anilines is 1. The molecular formula is C18H17ClN4O3S. The van der Waals surface area contributed by atoms with E-state index in [1.54, 1.807) is 12.1 Å². The number of amides is 4. The fourth-order valence-corrected chi connectivity index (χ4v) is 4.39. The lowest BCUT2D eigenvalue weighted by Crippen LogP contribution is -2.44. The SMILES string of the molecule is O=C(CN1C(=O)NC2(CCCC2)C1=O)Nc1nc(-c2ccc(Cl)cc2)cs1. The van der Waals surface area contributed by atoms with Gasteiger partial charge in [-0.1, -0.05) is 36.6 Å². The van der Waals surface area contributed by atoms with Crippen LogP contribution >= 0.6 is 22.9 Å². The monoisotopic (exact) mass is 404 g/mol. The minimum atomic E-state index is -0.805.